The second-order valence-electron chi connectivity index (χ2n) is 5.19. The number of benzene rings is 1. The molecule has 1 saturated heterocycles. The van der Waals surface area contributed by atoms with Gasteiger partial charge < -0.3 is 19.5 Å². The fraction of sp³-hybridized carbons (Fsp3) is 0.533. The molecule has 1 aliphatic heterocycles. The second-order valence-corrected chi connectivity index (χ2v) is 5.63. The molecule has 1 aromatic carbocycles. The first-order valence-corrected chi connectivity index (χ1v) is 7.52. The van der Waals surface area contributed by atoms with Crippen LogP contribution in [0.5, 0.6) is 5.75 Å². The first-order valence-electron chi connectivity index (χ1n) is 7.14. The van der Waals surface area contributed by atoms with E-state index in [0.717, 1.165) is 6.54 Å². The highest BCUT2D eigenvalue weighted by molar-refractivity contribution is 6.31. The Morgan fingerprint density at radius 2 is 1.95 bits per heavy atom. The third kappa shape index (κ3) is 4.39. The van der Waals surface area contributed by atoms with Gasteiger partial charge in [-0.2, -0.15) is 0 Å². The minimum absolute atomic E-state index is 0.0170. The molecule has 0 radical (unpaired) electrons. The number of carboxylic acids is 1. The topological polar surface area (TPSA) is 53.8 Å². The molecule has 0 aliphatic carbocycles. The van der Waals surface area contributed by atoms with E-state index in [4.69, 9.17) is 16.3 Å². The van der Waals surface area contributed by atoms with Crippen LogP contribution >= 0.6 is 11.6 Å². The van der Waals surface area contributed by atoms with Crippen molar-refractivity contribution in [2.45, 2.75) is 25.7 Å². The van der Waals surface area contributed by atoms with Crippen LogP contribution < -0.4 is 14.7 Å². The van der Waals surface area contributed by atoms with Gasteiger partial charge in [0.2, 0.25) is 0 Å². The van der Waals surface area contributed by atoms with E-state index in [1.807, 2.05) is 0 Å². The lowest BCUT2D eigenvalue weighted by molar-refractivity contribution is -0.899. The van der Waals surface area contributed by atoms with E-state index >= 15 is 0 Å². The van der Waals surface area contributed by atoms with Crippen molar-refractivity contribution in [1.82, 2.24) is 0 Å². The number of halogens is 1. The van der Waals surface area contributed by atoms with E-state index in [-0.39, 0.29) is 5.56 Å². The monoisotopic (exact) mass is 297 g/mol. The SMILES string of the molecule is O=C([O-])c1cc(Cl)ccc1OCC[NH+]1CCCCCC1. The molecule has 4 nitrogen and oxygen atoms in total. The number of carbonyl (C=O) groups is 1. The molecule has 0 saturated carbocycles. The third-order valence-electron chi connectivity index (χ3n) is 3.69. The summed E-state index contributed by atoms with van der Waals surface area (Å²) in [5.41, 5.74) is 0.0170. The molecule has 0 atom stereocenters. The van der Waals surface area contributed by atoms with Gasteiger partial charge in [0, 0.05) is 10.6 Å². The van der Waals surface area contributed by atoms with Crippen LogP contribution in [0.2, 0.25) is 5.02 Å². The Morgan fingerprint density at radius 3 is 2.60 bits per heavy atom. The highest BCUT2D eigenvalue weighted by Crippen LogP contribution is 2.22. The van der Waals surface area contributed by atoms with Crippen molar-refractivity contribution in [1.29, 1.82) is 0 Å². The van der Waals surface area contributed by atoms with E-state index < -0.39 is 5.97 Å². The molecule has 2 rings (SSSR count). The van der Waals surface area contributed by atoms with Gasteiger partial charge in [-0.1, -0.05) is 11.6 Å². The highest BCUT2D eigenvalue weighted by atomic mass is 35.5. The van der Waals surface area contributed by atoms with Crippen LogP contribution in [-0.4, -0.2) is 32.2 Å². The van der Waals surface area contributed by atoms with Crippen molar-refractivity contribution in [3.63, 3.8) is 0 Å². The molecule has 0 bridgehead atoms. The fourth-order valence-corrected chi connectivity index (χ4v) is 2.74. The number of carbonyl (C=O) groups excluding carboxylic acids is 1. The van der Waals surface area contributed by atoms with Gasteiger partial charge in [-0.25, -0.2) is 0 Å². The van der Waals surface area contributed by atoms with Crippen LogP contribution in [0.15, 0.2) is 18.2 Å². The van der Waals surface area contributed by atoms with Crippen LogP contribution in [0.25, 0.3) is 0 Å². The minimum Gasteiger partial charge on any atom is -0.545 e. The van der Waals surface area contributed by atoms with Gasteiger partial charge in [-0.3, -0.25) is 0 Å². The van der Waals surface area contributed by atoms with Crippen LogP contribution in [0, 0.1) is 0 Å². The summed E-state index contributed by atoms with van der Waals surface area (Å²) < 4.78 is 5.60. The maximum atomic E-state index is 11.0. The molecule has 1 fully saturated rings. The Balaban J connectivity index is 1.88. The van der Waals surface area contributed by atoms with Gasteiger partial charge in [0.25, 0.3) is 0 Å². The number of hydrogen-bond donors (Lipinski definition) is 1. The molecule has 1 N–H and O–H groups in total. The van der Waals surface area contributed by atoms with Gasteiger partial charge in [0.15, 0.2) is 0 Å². The summed E-state index contributed by atoms with van der Waals surface area (Å²) in [5.74, 6) is -0.923. The predicted molar refractivity (Wildman–Crippen MR) is 75.3 cm³/mol. The number of nitrogens with one attached hydrogen (secondary N) is 1. The summed E-state index contributed by atoms with van der Waals surface area (Å²) in [6, 6.07) is 4.58. The molecule has 20 heavy (non-hydrogen) atoms. The van der Waals surface area contributed by atoms with Crippen molar-refractivity contribution in [2.24, 2.45) is 0 Å². The summed E-state index contributed by atoms with van der Waals surface area (Å²) in [5, 5.41) is 11.4. The fourth-order valence-electron chi connectivity index (χ4n) is 2.57. The molecule has 1 aliphatic rings. The molecule has 0 spiro atoms. The van der Waals surface area contributed by atoms with Crippen molar-refractivity contribution >= 4 is 17.6 Å². The summed E-state index contributed by atoms with van der Waals surface area (Å²) in [6.45, 7) is 3.76. The smallest absolute Gasteiger partial charge is 0.137 e. The minimum atomic E-state index is -1.26. The summed E-state index contributed by atoms with van der Waals surface area (Å²) in [4.78, 5) is 12.6. The van der Waals surface area contributed by atoms with E-state index in [9.17, 15) is 9.90 Å². The zero-order valence-electron chi connectivity index (χ0n) is 11.5. The Bertz CT molecular complexity index is 456. The van der Waals surface area contributed by atoms with Gasteiger partial charge in [0.1, 0.15) is 18.9 Å². The van der Waals surface area contributed by atoms with E-state index in [1.165, 1.54) is 49.7 Å². The lowest BCUT2D eigenvalue weighted by Crippen LogP contribution is -3.12. The molecule has 0 amide bonds. The Morgan fingerprint density at radius 1 is 1.25 bits per heavy atom. The summed E-state index contributed by atoms with van der Waals surface area (Å²) in [7, 11) is 0. The van der Waals surface area contributed by atoms with Gasteiger partial charge in [-0.15, -0.1) is 0 Å². The van der Waals surface area contributed by atoms with Crippen LogP contribution in [0.3, 0.4) is 0 Å². The van der Waals surface area contributed by atoms with Crippen molar-refractivity contribution in [3.05, 3.63) is 28.8 Å². The van der Waals surface area contributed by atoms with Gasteiger partial charge in [0.05, 0.1) is 19.1 Å². The van der Waals surface area contributed by atoms with Gasteiger partial charge in [-0.05, 0) is 43.9 Å². The van der Waals surface area contributed by atoms with E-state index in [1.54, 1.807) is 12.1 Å². The Labute approximate surface area is 124 Å². The molecule has 5 heteroatoms. The molecule has 1 aromatic rings. The Kier molecular flexibility index (Phi) is 5.68. The molecular formula is C15H20ClNO3. The average molecular weight is 298 g/mol. The normalized spacial score (nSPS) is 16.6. The first-order chi connectivity index (χ1) is 9.66. The lowest BCUT2D eigenvalue weighted by Gasteiger charge is -2.18. The largest absolute Gasteiger partial charge is 0.545 e. The maximum absolute atomic E-state index is 11.0. The van der Waals surface area contributed by atoms with Crippen LogP contribution in [0.1, 0.15) is 36.0 Å². The Hall–Kier alpha value is -1.26. The van der Waals surface area contributed by atoms with E-state index in [2.05, 4.69) is 0 Å². The van der Waals surface area contributed by atoms with Crippen molar-refractivity contribution < 1.29 is 19.5 Å². The molecule has 0 aromatic heterocycles. The standard InChI is InChI=1S/C15H20ClNO3/c16-12-5-6-14(13(11-12)15(18)19)20-10-9-17-7-3-1-2-4-8-17/h5-6,11H,1-4,7-10H2,(H,18,19). The first kappa shape index (κ1) is 15.1. The molecular weight excluding hydrogens is 278 g/mol. The predicted octanol–water partition coefficient (Wildman–Crippen LogP) is 0.541. The third-order valence-corrected chi connectivity index (χ3v) is 3.92. The zero-order valence-corrected chi connectivity index (χ0v) is 12.2. The summed E-state index contributed by atoms with van der Waals surface area (Å²) >= 11 is 5.78. The number of aromatic carboxylic acids is 1. The number of hydrogen-bond acceptors (Lipinski definition) is 3. The van der Waals surface area contributed by atoms with Gasteiger partial charge >= 0.3 is 0 Å². The average Bonchev–Trinajstić information content (AvgIpc) is 2.69. The number of ether oxygens (including phenoxy) is 1. The zero-order chi connectivity index (χ0) is 14.4. The number of rotatable bonds is 5. The highest BCUT2D eigenvalue weighted by Gasteiger charge is 2.12. The molecule has 110 valence electrons. The van der Waals surface area contributed by atoms with E-state index in [0.29, 0.717) is 17.4 Å². The molecule has 1 heterocycles. The second kappa shape index (κ2) is 7.50. The maximum Gasteiger partial charge on any atom is 0.137 e. The number of likely N-dealkylation sites (tertiary alicyclic amines) is 1. The van der Waals surface area contributed by atoms with Crippen LogP contribution in [0.4, 0.5) is 0 Å². The summed E-state index contributed by atoms with van der Waals surface area (Å²) in [6.07, 6.45) is 5.16. The number of quaternary nitrogens is 1. The van der Waals surface area contributed by atoms with Crippen molar-refractivity contribution in [3.8, 4) is 5.75 Å². The molecule has 0 unspecified atom stereocenters. The van der Waals surface area contributed by atoms with Crippen molar-refractivity contribution in [2.75, 3.05) is 26.2 Å². The quantitative estimate of drug-likeness (QED) is 0.863. The number of carboxylic acid groups (broad SMARTS) is 1. The lowest BCUT2D eigenvalue weighted by atomic mass is 10.2. The van der Waals surface area contributed by atoms with Crippen LogP contribution in [-0.2, 0) is 0 Å².